The zero-order chi connectivity index (χ0) is 13.1. The number of aromatic nitrogens is 1. The lowest BCUT2D eigenvalue weighted by Gasteiger charge is -2.06. The van der Waals surface area contributed by atoms with E-state index in [0.717, 1.165) is 35.4 Å². The van der Waals surface area contributed by atoms with Gasteiger partial charge in [-0.3, -0.25) is 4.98 Å². The number of benzene rings is 1. The predicted molar refractivity (Wildman–Crippen MR) is 76.8 cm³/mol. The van der Waals surface area contributed by atoms with E-state index < -0.39 is 0 Å². The van der Waals surface area contributed by atoms with Gasteiger partial charge in [-0.25, -0.2) is 0 Å². The first kappa shape index (κ1) is 11.9. The van der Waals surface area contributed by atoms with Crippen molar-refractivity contribution in [2.24, 2.45) is 0 Å². The minimum atomic E-state index is 0.738. The zero-order valence-electron chi connectivity index (χ0n) is 10.9. The molecule has 96 valence electrons. The molecule has 0 aliphatic rings. The van der Waals surface area contributed by atoms with Crippen molar-refractivity contribution >= 4 is 10.8 Å². The number of nitrogens with one attached hydrogen (secondary N) is 1. The van der Waals surface area contributed by atoms with Crippen LogP contribution in [0.5, 0.6) is 0 Å². The highest BCUT2D eigenvalue weighted by Gasteiger charge is 2.11. The molecule has 0 saturated heterocycles. The van der Waals surface area contributed by atoms with Gasteiger partial charge in [0.05, 0.1) is 12.8 Å². The van der Waals surface area contributed by atoms with E-state index in [-0.39, 0.29) is 0 Å². The van der Waals surface area contributed by atoms with Crippen molar-refractivity contribution < 1.29 is 4.42 Å². The van der Waals surface area contributed by atoms with Gasteiger partial charge in [0.2, 0.25) is 0 Å². The molecule has 3 rings (SSSR count). The fourth-order valence-corrected chi connectivity index (χ4v) is 2.29. The van der Waals surface area contributed by atoms with Gasteiger partial charge in [-0.05, 0) is 18.0 Å². The summed E-state index contributed by atoms with van der Waals surface area (Å²) in [6.07, 6.45) is 5.54. The van der Waals surface area contributed by atoms with Crippen LogP contribution in [-0.2, 0) is 6.54 Å². The Bertz CT molecular complexity index is 683. The Balaban J connectivity index is 2.12. The molecule has 0 radical (unpaired) electrons. The first-order valence-electron chi connectivity index (χ1n) is 6.50. The van der Waals surface area contributed by atoms with Crippen molar-refractivity contribution in [1.82, 2.24) is 10.3 Å². The summed E-state index contributed by atoms with van der Waals surface area (Å²) in [4.78, 5) is 4.33. The van der Waals surface area contributed by atoms with Crippen LogP contribution in [0, 0.1) is 0 Å². The van der Waals surface area contributed by atoms with Gasteiger partial charge >= 0.3 is 0 Å². The molecule has 1 aromatic carbocycles. The quantitative estimate of drug-likeness (QED) is 0.771. The molecule has 0 amide bonds. The van der Waals surface area contributed by atoms with Crippen LogP contribution >= 0.6 is 0 Å². The molecule has 3 heteroatoms. The lowest BCUT2D eigenvalue weighted by Crippen LogP contribution is -2.11. The van der Waals surface area contributed by atoms with Gasteiger partial charge in [0.25, 0.3) is 0 Å². The van der Waals surface area contributed by atoms with Crippen LogP contribution in [0.1, 0.15) is 12.7 Å². The SMILES string of the molecule is CCNCc1occc1-c1cncc2ccccc12. The summed E-state index contributed by atoms with van der Waals surface area (Å²) in [5, 5.41) is 5.65. The molecule has 3 aromatic rings. The molecule has 0 spiro atoms. The van der Waals surface area contributed by atoms with E-state index in [0.29, 0.717) is 0 Å². The maximum absolute atomic E-state index is 5.58. The molecular formula is C16H16N2O. The summed E-state index contributed by atoms with van der Waals surface area (Å²) in [6.45, 7) is 3.75. The van der Waals surface area contributed by atoms with E-state index in [1.54, 1.807) is 6.26 Å². The van der Waals surface area contributed by atoms with Gasteiger partial charge in [-0.1, -0.05) is 31.2 Å². The van der Waals surface area contributed by atoms with E-state index in [1.807, 2.05) is 24.5 Å². The number of rotatable bonds is 4. The van der Waals surface area contributed by atoms with Crippen molar-refractivity contribution in [2.75, 3.05) is 6.54 Å². The fraction of sp³-hybridized carbons (Fsp3) is 0.188. The van der Waals surface area contributed by atoms with E-state index in [9.17, 15) is 0 Å². The average Bonchev–Trinajstić information content (AvgIpc) is 2.92. The Morgan fingerprint density at radius 1 is 1.11 bits per heavy atom. The van der Waals surface area contributed by atoms with Crippen LogP contribution < -0.4 is 5.32 Å². The smallest absolute Gasteiger partial charge is 0.125 e. The summed E-state index contributed by atoms with van der Waals surface area (Å²) in [7, 11) is 0. The minimum absolute atomic E-state index is 0.738. The molecule has 1 N–H and O–H groups in total. The Morgan fingerprint density at radius 2 is 2.00 bits per heavy atom. The molecule has 2 aromatic heterocycles. The summed E-state index contributed by atoms with van der Waals surface area (Å²) in [5.74, 6) is 0.958. The molecule has 3 nitrogen and oxygen atoms in total. The predicted octanol–water partition coefficient (Wildman–Crippen LogP) is 3.60. The Labute approximate surface area is 112 Å². The maximum Gasteiger partial charge on any atom is 0.125 e. The Hall–Kier alpha value is -2.13. The highest BCUT2D eigenvalue weighted by atomic mass is 16.3. The van der Waals surface area contributed by atoms with Gasteiger partial charge in [0.1, 0.15) is 5.76 Å². The molecular weight excluding hydrogens is 236 g/mol. The summed E-state index contributed by atoms with van der Waals surface area (Å²) < 4.78 is 5.58. The monoisotopic (exact) mass is 252 g/mol. The summed E-state index contributed by atoms with van der Waals surface area (Å²) in [5.41, 5.74) is 2.24. The molecule has 0 aliphatic carbocycles. The van der Waals surface area contributed by atoms with E-state index in [1.165, 1.54) is 5.39 Å². The zero-order valence-corrected chi connectivity index (χ0v) is 10.9. The maximum atomic E-state index is 5.58. The Morgan fingerprint density at radius 3 is 2.89 bits per heavy atom. The standard InChI is InChI=1S/C16H16N2O/c1-2-17-11-16-14(7-8-19-16)15-10-18-9-12-5-3-4-6-13(12)15/h3-10,17H,2,11H2,1H3. The molecule has 0 unspecified atom stereocenters. The fourth-order valence-electron chi connectivity index (χ4n) is 2.29. The van der Waals surface area contributed by atoms with Crippen molar-refractivity contribution in [1.29, 1.82) is 0 Å². The van der Waals surface area contributed by atoms with Gasteiger partial charge < -0.3 is 9.73 Å². The van der Waals surface area contributed by atoms with E-state index in [2.05, 4.69) is 35.4 Å². The van der Waals surface area contributed by atoms with Crippen LogP contribution in [0.4, 0.5) is 0 Å². The van der Waals surface area contributed by atoms with Crippen LogP contribution in [-0.4, -0.2) is 11.5 Å². The van der Waals surface area contributed by atoms with Crippen molar-refractivity contribution in [2.45, 2.75) is 13.5 Å². The number of hydrogen-bond acceptors (Lipinski definition) is 3. The van der Waals surface area contributed by atoms with Crippen molar-refractivity contribution in [3.8, 4) is 11.1 Å². The molecule has 0 bridgehead atoms. The third-order valence-electron chi connectivity index (χ3n) is 3.24. The number of fused-ring (bicyclic) bond motifs is 1. The van der Waals surface area contributed by atoms with Gasteiger partial charge in [-0.15, -0.1) is 0 Å². The highest BCUT2D eigenvalue weighted by molar-refractivity contribution is 5.96. The second-order valence-corrected chi connectivity index (χ2v) is 4.45. The van der Waals surface area contributed by atoms with Crippen LogP contribution in [0.15, 0.2) is 53.4 Å². The number of furan rings is 1. The normalized spacial score (nSPS) is 11.0. The summed E-state index contributed by atoms with van der Waals surface area (Å²) in [6, 6.07) is 10.3. The molecule has 0 saturated carbocycles. The summed E-state index contributed by atoms with van der Waals surface area (Å²) >= 11 is 0. The molecule has 2 heterocycles. The third kappa shape index (κ3) is 2.25. The van der Waals surface area contributed by atoms with Gasteiger partial charge in [-0.2, -0.15) is 0 Å². The van der Waals surface area contributed by atoms with Crippen LogP contribution in [0.3, 0.4) is 0 Å². The molecule has 0 fully saturated rings. The van der Waals surface area contributed by atoms with E-state index >= 15 is 0 Å². The first-order valence-corrected chi connectivity index (χ1v) is 6.50. The lowest BCUT2D eigenvalue weighted by atomic mass is 10.0. The molecule has 0 aliphatic heterocycles. The number of hydrogen-bond donors (Lipinski definition) is 1. The molecule has 0 atom stereocenters. The van der Waals surface area contributed by atoms with Gasteiger partial charge in [0, 0.05) is 28.9 Å². The van der Waals surface area contributed by atoms with E-state index in [4.69, 9.17) is 4.42 Å². The second-order valence-electron chi connectivity index (χ2n) is 4.45. The van der Waals surface area contributed by atoms with Crippen molar-refractivity contribution in [3.05, 3.63) is 54.7 Å². The largest absolute Gasteiger partial charge is 0.467 e. The number of pyridine rings is 1. The lowest BCUT2D eigenvalue weighted by molar-refractivity contribution is 0.489. The van der Waals surface area contributed by atoms with Gasteiger partial charge in [0.15, 0.2) is 0 Å². The van der Waals surface area contributed by atoms with Crippen LogP contribution in [0.25, 0.3) is 21.9 Å². The third-order valence-corrected chi connectivity index (χ3v) is 3.24. The van der Waals surface area contributed by atoms with Crippen molar-refractivity contribution in [3.63, 3.8) is 0 Å². The van der Waals surface area contributed by atoms with Crippen LogP contribution in [0.2, 0.25) is 0 Å². The topological polar surface area (TPSA) is 38.1 Å². The molecule has 19 heavy (non-hydrogen) atoms. The highest BCUT2D eigenvalue weighted by Crippen LogP contribution is 2.30. The first-order chi connectivity index (χ1) is 9.40. The second kappa shape index (κ2) is 5.24. The Kier molecular flexibility index (Phi) is 3.29. The number of nitrogens with zero attached hydrogens (tertiary/aromatic N) is 1. The minimum Gasteiger partial charge on any atom is -0.467 e. The average molecular weight is 252 g/mol.